The number of benzene rings is 3. The fraction of sp³-hybridized carbons (Fsp3) is 0.240. The lowest BCUT2D eigenvalue weighted by molar-refractivity contribution is 0.00578. The highest BCUT2D eigenvalue weighted by atomic mass is 32.1. The van der Waals surface area contributed by atoms with E-state index in [1.165, 1.54) is 4.70 Å². The molecule has 1 fully saturated rings. The molecule has 0 radical (unpaired) electrons. The molecule has 1 saturated heterocycles. The summed E-state index contributed by atoms with van der Waals surface area (Å²) in [5.74, 6) is 0. The first-order valence-electron chi connectivity index (χ1n) is 10.2. The molecule has 5 rings (SSSR count). The Hall–Kier alpha value is -2.47. The van der Waals surface area contributed by atoms with Gasteiger partial charge in [-0.25, -0.2) is 4.98 Å². The van der Waals surface area contributed by atoms with Gasteiger partial charge in [0.15, 0.2) is 0 Å². The maximum Gasteiger partial charge on any atom is 0.494 e. The Bertz CT molecular complexity index is 1180. The van der Waals surface area contributed by atoms with E-state index < -0.39 is 0 Å². The molecule has 150 valence electrons. The fourth-order valence-electron chi connectivity index (χ4n) is 3.67. The van der Waals surface area contributed by atoms with Crippen molar-refractivity contribution in [3.63, 3.8) is 0 Å². The normalized spacial score (nSPS) is 17.5. The smallest absolute Gasteiger partial charge is 0.399 e. The quantitative estimate of drug-likeness (QED) is 0.390. The molecule has 0 amide bonds. The number of fused-ring (bicyclic) bond motifs is 1. The van der Waals surface area contributed by atoms with Crippen LogP contribution in [-0.4, -0.2) is 23.3 Å². The van der Waals surface area contributed by atoms with Crippen LogP contribution in [0.15, 0.2) is 72.8 Å². The lowest BCUT2D eigenvalue weighted by atomic mass is 9.78. The average molecular weight is 413 g/mol. The first kappa shape index (κ1) is 19.5. The Morgan fingerprint density at radius 1 is 0.733 bits per heavy atom. The van der Waals surface area contributed by atoms with Gasteiger partial charge >= 0.3 is 7.12 Å². The summed E-state index contributed by atoms with van der Waals surface area (Å²) in [5.41, 5.74) is 4.83. The SMILES string of the molecule is CC1(C)OB(c2cccc(-c3cccc(-c4nc5ccccc5s4)c3)c2)OC1(C)C. The number of hydrogen-bond acceptors (Lipinski definition) is 4. The lowest BCUT2D eigenvalue weighted by Crippen LogP contribution is -2.41. The van der Waals surface area contributed by atoms with Gasteiger partial charge in [0.25, 0.3) is 0 Å². The van der Waals surface area contributed by atoms with E-state index in [0.29, 0.717) is 0 Å². The number of para-hydroxylation sites is 1. The highest BCUT2D eigenvalue weighted by Crippen LogP contribution is 2.37. The van der Waals surface area contributed by atoms with Crippen molar-refractivity contribution < 1.29 is 9.31 Å². The molecule has 1 aliphatic heterocycles. The second kappa shape index (κ2) is 7.05. The molecule has 0 N–H and O–H groups in total. The monoisotopic (exact) mass is 413 g/mol. The zero-order chi connectivity index (χ0) is 20.9. The molecule has 5 heteroatoms. The van der Waals surface area contributed by atoms with Crippen LogP contribution in [0.3, 0.4) is 0 Å². The molecule has 0 unspecified atom stereocenters. The molecule has 2 heterocycles. The largest absolute Gasteiger partial charge is 0.494 e. The number of nitrogens with zero attached hydrogens (tertiary/aromatic N) is 1. The summed E-state index contributed by atoms with van der Waals surface area (Å²) in [7, 11) is -0.359. The Labute approximate surface area is 181 Å². The van der Waals surface area contributed by atoms with E-state index in [1.807, 2.05) is 6.07 Å². The summed E-state index contributed by atoms with van der Waals surface area (Å²) < 4.78 is 13.7. The van der Waals surface area contributed by atoms with E-state index >= 15 is 0 Å². The number of thiazole rings is 1. The van der Waals surface area contributed by atoms with Crippen molar-refractivity contribution in [3.05, 3.63) is 72.8 Å². The third-order valence-corrected chi connectivity index (χ3v) is 7.23. The molecule has 0 atom stereocenters. The molecule has 3 nitrogen and oxygen atoms in total. The maximum atomic E-state index is 6.24. The maximum absolute atomic E-state index is 6.24. The minimum atomic E-state index is -0.359. The van der Waals surface area contributed by atoms with E-state index in [-0.39, 0.29) is 18.3 Å². The van der Waals surface area contributed by atoms with E-state index in [9.17, 15) is 0 Å². The third kappa shape index (κ3) is 3.37. The van der Waals surface area contributed by atoms with Crippen molar-refractivity contribution in [2.24, 2.45) is 0 Å². The van der Waals surface area contributed by atoms with E-state index in [0.717, 1.165) is 32.7 Å². The molecule has 4 aromatic rings. The van der Waals surface area contributed by atoms with Gasteiger partial charge < -0.3 is 9.31 Å². The van der Waals surface area contributed by atoms with Gasteiger partial charge in [-0.2, -0.15) is 0 Å². The zero-order valence-corrected chi connectivity index (χ0v) is 18.5. The molecule has 0 bridgehead atoms. The Morgan fingerprint density at radius 3 is 2.10 bits per heavy atom. The molecular formula is C25H24BNO2S. The molecule has 0 saturated carbocycles. The van der Waals surface area contributed by atoms with Crippen molar-refractivity contribution in [2.75, 3.05) is 0 Å². The standard InChI is InChI=1S/C25H24BNO2S/c1-24(2)25(3,4)29-26(28-24)20-12-8-10-18(16-20)17-9-7-11-19(15-17)23-27-21-13-5-6-14-22(21)30-23/h5-16H,1-4H3. The van der Waals surface area contributed by atoms with Gasteiger partial charge in [0.05, 0.1) is 21.4 Å². The van der Waals surface area contributed by atoms with E-state index in [4.69, 9.17) is 14.3 Å². The first-order chi connectivity index (χ1) is 14.3. The van der Waals surface area contributed by atoms with Gasteiger partial charge in [0.1, 0.15) is 5.01 Å². The van der Waals surface area contributed by atoms with Crippen LogP contribution in [-0.2, 0) is 9.31 Å². The molecule has 0 aliphatic carbocycles. The molecule has 3 aromatic carbocycles. The van der Waals surface area contributed by atoms with Gasteiger partial charge in [0, 0.05) is 5.56 Å². The summed E-state index contributed by atoms with van der Waals surface area (Å²) in [6, 6.07) is 25.3. The van der Waals surface area contributed by atoms with E-state index in [2.05, 4.69) is 94.4 Å². The predicted molar refractivity (Wildman–Crippen MR) is 126 cm³/mol. The highest BCUT2D eigenvalue weighted by molar-refractivity contribution is 7.21. The Kier molecular flexibility index (Phi) is 4.58. The van der Waals surface area contributed by atoms with Crippen molar-refractivity contribution in [3.8, 4) is 21.7 Å². The Balaban J connectivity index is 1.48. The van der Waals surface area contributed by atoms with Gasteiger partial charge in [-0.05, 0) is 62.5 Å². The fourth-order valence-corrected chi connectivity index (χ4v) is 4.63. The lowest BCUT2D eigenvalue weighted by Gasteiger charge is -2.32. The van der Waals surface area contributed by atoms with Crippen molar-refractivity contribution in [2.45, 2.75) is 38.9 Å². The van der Waals surface area contributed by atoms with Crippen LogP contribution in [0.1, 0.15) is 27.7 Å². The van der Waals surface area contributed by atoms with Crippen molar-refractivity contribution in [1.29, 1.82) is 0 Å². The van der Waals surface area contributed by atoms with E-state index in [1.54, 1.807) is 11.3 Å². The highest BCUT2D eigenvalue weighted by Gasteiger charge is 2.51. The summed E-state index contributed by atoms with van der Waals surface area (Å²) in [6.07, 6.45) is 0. The third-order valence-electron chi connectivity index (χ3n) is 6.15. The summed E-state index contributed by atoms with van der Waals surface area (Å²) in [6.45, 7) is 8.33. The van der Waals surface area contributed by atoms with Crippen LogP contribution in [0.4, 0.5) is 0 Å². The summed E-state index contributed by atoms with van der Waals surface area (Å²) in [4.78, 5) is 4.81. The number of hydrogen-bond donors (Lipinski definition) is 0. The second-order valence-corrected chi connectivity index (χ2v) is 9.81. The van der Waals surface area contributed by atoms with Crippen molar-refractivity contribution in [1.82, 2.24) is 4.98 Å². The minimum absolute atomic E-state index is 0.347. The van der Waals surface area contributed by atoms with Gasteiger partial charge in [-0.15, -0.1) is 11.3 Å². The molecule has 0 spiro atoms. The molecule has 1 aromatic heterocycles. The van der Waals surface area contributed by atoms with Crippen LogP contribution in [0.5, 0.6) is 0 Å². The van der Waals surface area contributed by atoms with Gasteiger partial charge in [-0.1, -0.05) is 54.6 Å². The van der Waals surface area contributed by atoms with Crippen LogP contribution in [0.25, 0.3) is 31.9 Å². The van der Waals surface area contributed by atoms with Crippen molar-refractivity contribution >= 4 is 34.1 Å². The minimum Gasteiger partial charge on any atom is -0.399 e. The first-order valence-corrected chi connectivity index (χ1v) is 11.1. The molecule has 1 aliphatic rings. The zero-order valence-electron chi connectivity index (χ0n) is 17.7. The Morgan fingerprint density at radius 2 is 1.37 bits per heavy atom. The topological polar surface area (TPSA) is 31.4 Å². The summed E-state index contributed by atoms with van der Waals surface area (Å²) >= 11 is 1.73. The second-order valence-electron chi connectivity index (χ2n) is 8.78. The average Bonchev–Trinajstić information content (AvgIpc) is 3.26. The van der Waals surface area contributed by atoms with Gasteiger partial charge in [-0.3, -0.25) is 0 Å². The van der Waals surface area contributed by atoms with Crippen LogP contribution < -0.4 is 5.46 Å². The number of rotatable bonds is 3. The number of aromatic nitrogens is 1. The summed E-state index contributed by atoms with van der Waals surface area (Å²) in [5, 5.41) is 1.04. The van der Waals surface area contributed by atoms with Crippen LogP contribution in [0.2, 0.25) is 0 Å². The van der Waals surface area contributed by atoms with Crippen LogP contribution >= 0.6 is 11.3 Å². The van der Waals surface area contributed by atoms with Crippen LogP contribution in [0, 0.1) is 0 Å². The molecular weight excluding hydrogens is 389 g/mol. The predicted octanol–water partition coefficient (Wildman–Crippen LogP) is 5.93. The molecule has 30 heavy (non-hydrogen) atoms. The van der Waals surface area contributed by atoms with Gasteiger partial charge in [0.2, 0.25) is 0 Å².